The van der Waals surface area contributed by atoms with Crippen LogP contribution in [0, 0.1) is 0 Å². The van der Waals surface area contributed by atoms with E-state index in [-0.39, 0.29) is 16.2 Å². The molecule has 140 valence electrons. The fraction of sp³-hybridized carbons (Fsp3) is 0.619. The van der Waals surface area contributed by atoms with Gasteiger partial charge in [0.05, 0.1) is 7.11 Å². The third kappa shape index (κ3) is 4.35. The van der Waals surface area contributed by atoms with Gasteiger partial charge in [0.1, 0.15) is 0 Å². The van der Waals surface area contributed by atoms with Crippen molar-refractivity contribution in [3.05, 3.63) is 27.8 Å². The van der Waals surface area contributed by atoms with Crippen molar-refractivity contribution in [3.63, 3.8) is 0 Å². The van der Waals surface area contributed by atoms with Gasteiger partial charge in [-0.2, -0.15) is 0 Å². The standard InChI is InChI=1S/C21H32O3S/c1-19(2,3)15-13(11-22)16(20(4,5)6)18(25-24-10)17(14(15)12-23)21(7,8)9/h11-12H,1-10H3. The van der Waals surface area contributed by atoms with Crippen molar-refractivity contribution >= 4 is 24.6 Å². The van der Waals surface area contributed by atoms with Gasteiger partial charge in [0.15, 0.2) is 12.6 Å². The molecule has 0 aliphatic heterocycles. The van der Waals surface area contributed by atoms with Gasteiger partial charge >= 0.3 is 0 Å². The van der Waals surface area contributed by atoms with E-state index in [4.69, 9.17) is 4.18 Å². The highest BCUT2D eigenvalue weighted by Crippen LogP contribution is 2.47. The molecule has 0 aliphatic rings. The first-order valence-electron chi connectivity index (χ1n) is 8.58. The van der Waals surface area contributed by atoms with Gasteiger partial charge in [-0.1, -0.05) is 62.3 Å². The lowest BCUT2D eigenvalue weighted by Crippen LogP contribution is -2.29. The van der Waals surface area contributed by atoms with Crippen molar-refractivity contribution in [1.29, 1.82) is 0 Å². The van der Waals surface area contributed by atoms with Crippen molar-refractivity contribution in [1.82, 2.24) is 0 Å². The molecule has 0 spiro atoms. The normalized spacial score (nSPS) is 13.0. The molecular weight excluding hydrogens is 332 g/mol. The second-order valence-corrected chi connectivity index (χ2v) is 10.4. The predicted octanol–water partition coefficient (Wildman–Crippen LogP) is 5.86. The fourth-order valence-electron chi connectivity index (χ4n) is 3.46. The average molecular weight is 365 g/mol. The second-order valence-electron chi connectivity index (χ2n) is 9.52. The minimum atomic E-state index is -0.331. The third-order valence-electron chi connectivity index (χ3n) is 4.18. The number of carbonyl (C=O) groups is 2. The van der Waals surface area contributed by atoms with Crippen LogP contribution in [0.15, 0.2) is 4.90 Å². The molecule has 0 amide bonds. The van der Waals surface area contributed by atoms with Gasteiger partial charge in [-0.3, -0.25) is 9.59 Å². The maximum Gasteiger partial charge on any atom is 0.150 e. The lowest BCUT2D eigenvalue weighted by atomic mass is 9.69. The number of carbonyl (C=O) groups excluding carboxylic acids is 2. The summed E-state index contributed by atoms with van der Waals surface area (Å²) in [6.07, 6.45) is 1.81. The van der Waals surface area contributed by atoms with Crippen molar-refractivity contribution in [2.24, 2.45) is 0 Å². The molecule has 0 N–H and O–H groups in total. The molecule has 1 rings (SSSR count). The molecular formula is C21H32O3S. The SMILES string of the molecule is COSc1c(C(C)(C)C)c(C=O)c(C(C)(C)C)c(C=O)c1C(C)(C)C. The van der Waals surface area contributed by atoms with Gasteiger partial charge < -0.3 is 4.18 Å². The van der Waals surface area contributed by atoms with Gasteiger partial charge in [0.25, 0.3) is 0 Å². The summed E-state index contributed by atoms with van der Waals surface area (Å²) in [6, 6.07) is 0. The molecule has 0 saturated heterocycles. The predicted molar refractivity (Wildman–Crippen MR) is 106 cm³/mol. The third-order valence-corrected chi connectivity index (χ3v) is 4.93. The quantitative estimate of drug-likeness (QED) is 0.496. The first-order chi connectivity index (χ1) is 11.2. The molecule has 0 aliphatic carbocycles. The Hall–Kier alpha value is -1.13. The zero-order valence-electron chi connectivity index (χ0n) is 17.3. The van der Waals surface area contributed by atoms with Crippen LogP contribution in [0.1, 0.15) is 99.7 Å². The molecule has 3 nitrogen and oxygen atoms in total. The van der Waals surface area contributed by atoms with Crippen molar-refractivity contribution in [2.75, 3.05) is 7.11 Å². The first kappa shape index (κ1) is 21.9. The number of hydrogen-bond donors (Lipinski definition) is 0. The van der Waals surface area contributed by atoms with E-state index in [2.05, 4.69) is 41.5 Å². The van der Waals surface area contributed by atoms with Crippen LogP contribution in [-0.4, -0.2) is 19.7 Å². The van der Waals surface area contributed by atoms with Crippen LogP contribution in [0.5, 0.6) is 0 Å². The van der Waals surface area contributed by atoms with Crippen LogP contribution < -0.4 is 0 Å². The molecule has 0 unspecified atom stereocenters. The summed E-state index contributed by atoms with van der Waals surface area (Å²) in [4.78, 5) is 25.2. The van der Waals surface area contributed by atoms with Crippen LogP contribution >= 0.6 is 12.0 Å². The highest BCUT2D eigenvalue weighted by molar-refractivity contribution is 7.94. The Morgan fingerprint density at radius 3 is 1.20 bits per heavy atom. The summed E-state index contributed by atoms with van der Waals surface area (Å²) in [5, 5.41) is 0. The van der Waals surface area contributed by atoms with Crippen LogP contribution in [0.2, 0.25) is 0 Å². The topological polar surface area (TPSA) is 43.4 Å². The van der Waals surface area contributed by atoms with E-state index in [1.807, 2.05) is 20.8 Å². The van der Waals surface area contributed by atoms with Gasteiger partial charge in [-0.05, 0) is 32.9 Å². The Balaban J connectivity index is 4.35. The molecule has 25 heavy (non-hydrogen) atoms. The minimum Gasteiger partial charge on any atom is -0.314 e. The zero-order valence-corrected chi connectivity index (χ0v) is 18.1. The maximum atomic E-state index is 12.2. The van der Waals surface area contributed by atoms with Gasteiger partial charge in [-0.25, -0.2) is 0 Å². The lowest BCUT2D eigenvalue weighted by molar-refractivity contribution is 0.111. The summed E-state index contributed by atoms with van der Waals surface area (Å²) >= 11 is 1.24. The zero-order chi connectivity index (χ0) is 19.8. The Labute approximate surface area is 157 Å². The summed E-state index contributed by atoms with van der Waals surface area (Å²) in [5.41, 5.74) is 3.11. The van der Waals surface area contributed by atoms with E-state index in [1.165, 1.54) is 12.0 Å². The fourth-order valence-corrected chi connectivity index (χ4v) is 4.63. The molecule has 0 bridgehead atoms. The van der Waals surface area contributed by atoms with Crippen LogP contribution in [0.25, 0.3) is 0 Å². The van der Waals surface area contributed by atoms with Crippen molar-refractivity contribution < 1.29 is 13.8 Å². The number of aldehydes is 2. The summed E-state index contributed by atoms with van der Waals surface area (Å²) in [7, 11) is 1.61. The van der Waals surface area contributed by atoms with E-state index >= 15 is 0 Å². The number of rotatable bonds is 4. The van der Waals surface area contributed by atoms with E-state index in [0.717, 1.165) is 34.2 Å². The van der Waals surface area contributed by atoms with Crippen molar-refractivity contribution in [2.45, 2.75) is 83.5 Å². The van der Waals surface area contributed by atoms with Gasteiger partial charge in [-0.15, -0.1) is 0 Å². The largest absolute Gasteiger partial charge is 0.314 e. The summed E-state index contributed by atoms with van der Waals surface area (Å²) < 4.78 is 5.41. The molecule has 0 atom stereocenters. The van der Waals surface area contributed by atoms with Crippen molar-refractivity contribution in [3.8, 4) is 0 Å². The summed E-state index contributed by atoms with van der Waals surface area (Å²) in [6.45, 7) is 18.7. The second kappa shape index (κ2) is 7.24. The molecule has 4 heteroatoms. The van der Waals surface area contributed by atoms with Crippen LogP contribution in [0.4, 0.5) is 0 Å². The van der Waals surface area contributed by atoms with Crippen LogP contribution in [0.3, 0.4) is 0 Å². The number of benzene rings is 1. The van der Waals surface area contributed by atoms with Gasteiger partial charge in [0.2, 0.25) is 0 Å². The highest BCUT2D eigenvalue weighted by Gasteiger charge is 2.37. The van der Waals surface area contributed by atoms with Gasteiger partial charge in [0, 0.05) is 28.1 Å². The number of hydrogen-bond acceptors (Lipinski definition) is 4. The molecule has 0 heterocycles. The lowest BCUT2D eigenvalue weighted by Gasteiger charge is -2.36. The minimum absolute atomic E-state index is 0.265. The Morgan fingerprint density at radius 2 is 1.00 bits per heavy atom. The van der Waals surface area contributed by atoms with E-state index in [9.17, 15) is 9.59 Å². The maximum absolute atomic E-state index is 12.2. The average Bonchev–Trinajstić information content (AvgIpc) is 2.41. The smallest absolute Gasteiger partial charge is 0.150 e. The van der Waals surface area contributed by atoms with E-state index in [1.54, 1.807) is 7.11 Å². The van der Waals surface area contributed by atoms with Crippen LogP contribution in [-0.2, 0) is 20.4 Å². The Kier molecular flexibility index (Phi) is 6.35. The molecule has 0 aromatic heterocycles. The van der Waals surface area contributed by atoms with E-state index in [0.29, 0.717) is 11.1 Å². The monoisotopic (exact) mass is 364 g/mol. The Bertz CT molecular complexity index is 621. The molecule has 1 aromatic carbocycles. The highest BCUT2D eigenvalue weighted by atomic mass is 32.2. The first-order valence-corrected chi connectivity index (χ1v) is 9.32. The molecule has 1 aromatic rings. The molecule has 0 saturated carbocycles. The Morgan fingerprint density at radius 1 is 0.680 bits per heavy atom. The molecule has 0 radical (unpaired) electrons. The van der Waals surface area contributed by atoms with E-state index < -0.39 is 0 Å². The summed E-state index contributed by atoms with van der Waals surface area (Å²) in [5.74, 6) is 0. The molecule has 0 fully saturated rings.